The highest BCUT2D eigenvalue weighted by molar-refractivity contribution is 5.33. The number of imidazole rings is 1. The van der Waals surface area contributed by atoms with Crippen molar-refractivity contribution in [3.63, 3.8) is 0 Å². The van der Waals surface area contributed by atoms with E-state index in [9.17, 15) is 0 Å². The van der Waals surface area contributed by atoms with Crippen LogP contribution in [0, 0.1) is 0 Å². The van der Waals surface area contributed by atoms with E-state index in [1.54, 1.807) is 0 Å². The SMILES string of the molecule is Cn1c(C2CC2)nn2cc(CCN)nc12. The molecule has 1 aliphatic carbocycles. The predicted molar refractivity (Wildman–Crippen MR) is 56.7 cm³/mol. The van der Waals surface area contributed by atoms with Crippen molar-refractivity contribution in [3.05, 3.63) is 17.7 Å². The van der Waals surface area contributed by atoms with Crippen molar-refractivity contribution in [2.75, 3.05) is 6.54 Å². The Morgan fingerprint density at radius 3 is 2.93 bits per heavy atom. The van der Waals surface area contributed by atoms with Crippen LogP contribution in [0.5, 0.6) is 0 Å². The molecule has 0 spiro atoms. The third-order valence-electron chi connectivity index (χ3n) is 2.92. The van der Waals surface area contributed by atoms with Gasteiger partial charge in [0.15, 0.2) is 0 Å². The van der Waals surface area contributed by atoms with E-state index in [0.717, 1.165) is 23.7 Å². The summed E-state index contributed by atoms with van der Waals surface area (Å²) in [6.45, 7) is 0.638. The molecule has 0 saturated heterocycles. The van der Waals surface area contributed by atoms with Gasteiger partial charge in [0, 0.05) is 19.4 Å². The molecule has 15 heavy (non-hydrogen) atoms. The number of rotatable bonds is 3. The first-order valence-corrected chi connectivity index (χ1v) is 5.40. The molecular weight excluding hydrogens is 190 g/mol. The Balaban J connectivity index is 2.06. The van der Waals surface area contributed by atoms with E-state index < -0.39 is 0 Å². The van der Waals surface area contributed by atoms with E-state index in [1.165, 1.54) is 12.8 Å². The molecule has 2 heterocycles. The highest BCUT2D eigenvalue weighted by atomic mass is 15.4. The Morgan fingerprint density at radius 2 is 2.33 bits per heavy atom. The summed E-state index contributed by atoms with van der Waals surface area (Å²) in [6, 6.07) is 0. The van der Waals surface area contributed by atoms with Gasteiger partial charge < -0.3 is 5.73 Å². The summed E-state index contributed by atoms with van der Waals surface area (Å²) < 4.78 is 3.97. The maximum atomic E-state index is 5.50. The van der Waals surface area contributed by atoms with Gasteiger partial charge in [0.25, 0.3) is 0 Å². The zero-order chi connectivity index (χ0) is 10.4. The molecule has 0 bridgehead atoms. The van der Waals surface area contributed by atoms with Gasteiger partial charge >= 0.3 is 0 Å². The van der Waals surface area contributed by atoms with Crippen LogP contribution in [0.2, 0.25) is 0 Å². The minimum atomic E-state index is 0.638. The normalized spacial score (nSPS) is 16.4. The van der Waals surface area contributed by atoms with Crippen molar-refractivity contribution >= 4 is 5.78 Å². The van der Waals surface area contributed by atoms with Crippen LogP contribution in [0.4, 0.5) is 0 Å². The zero-order valence-corrected chi connectivity index (χ0v) is 8.85. The van der Waals surface area contributed by atoms with Crippen LogP contribution < -0.4 is 5.73 Å². The minimum Gasteiger partial charge on any atom is -0.330 e. The van der Waals surface area contributed by atoms with Crippen LogP contribution in [-0.2, 0) is 13.5 Å². The van der Waals surface area contributed by atoms with Gasteiger partial charge in [-0.25, -0.2) is 9.50 Å². The number of aromatic nitrogens is 4. The van der Waals surface area contributed by atoms with E-state index in [0.29, 0.717) is 12.5 Å². The molecule has 2 aromatic heterocycles. The van der Waals surface area contributed by atoms with Gasteiger partial charge in [-0.3, -0.25) is 4.57 Å². The van der Waals surface area contributed by atoms with Crippen molar-refractivity contribution < 1.29 is 0 Å². The summed E-state index contributed by atoms with van der Waals surface area (Å²) in [4.78, 5) is 4.52. The molecule has 1 aliphatic rings. The standard InChI is InChI=1S/C10H15N5/c1-14-9(7-2-3-7)13-15-6-8(4-5-11)12-10(14)15/h6-7H,2-5,11H2,1H3. The molecule has 5 heteroatoms. The second-order valence-corrected chi connectivity index (χ2v) is 4.21. The average molecular weight is 205 g/mol. The molecule has 80 valence electrons. The molecule has 0 unspecified atom stereocenters. The third-order valence-corrected chi connectivity index (χ3v) is 2.92. The fourth-order valence-corrected chi connectivity index (χ4v) is 1.96. The molecule has 1 fully saturated rings. The number of fused-ring (bicyclic) bond motifs is 1. The Kier molecular flexibility index (Phi) is 1.82. The van der Waals surface area contributed by atoms with Crippen LogP contribution in [-0.4, -0.2) is 25.7 Å². The molecule has 3 rings (SSSR count). The van der Waals surface area contributed by atoms with Crippen LogP contribution in [0.15, 0.2) is 6.20 Å². The van der Waals surface area contributed by atoms with Gasteiger partial charge in [0.2, 0.25) is 5.78 Å². The molecule has 0 amide bonds. The van der Waals surface area contributed by atoms with Crippen molar-refractivity contribution in [2.24, 2.45) is 12.8 Å². The van der Waals surface area contributed by atoms with Crippen LogP contribution in [0.1, 0.15) is 30.3 Å². The molecule has 0 aromatic carbocycles. The van der Waals surface area contributed by atoms with Crippen LogP contribution >= 0.6 is 0 Å². The van der Waals surface area contributed by atoms with Gasteiger partial charge in [0.1, 0.15) is 5.82 Å². The summed E-state index contributed by atoms with van der Waals surface area (Å²) in [6.07, 6.45) is 5.34. The van der Waals surface area contributed by atoms with Gasteiger partial charge in [0.05, 0.1) is 11.9 Å². The maximum Gasteiger partial charge on any atom is 0.232 e. The highest BCUT2D eigenvalue weighted by Crippen LogP contribution is 2.39. The second kappa shape index (κ2) is 3.06. The number of aryl methyl sites for hydroxylation is 1. The highest BCUT2D eigenvalue weighted by Gasteiger charge is 2.29. The molecule has 0 aliphatic heterocycles. The largest absolute Gasteiger partial charge is 0.330 e. The van der Waals surface area contributed by atoms with Crippen molar-refractivity contribution in [1.29, 1.82) is 0 Å². The molecule has 0 radical (unpaired) electrons. The lowest BCUT2D eigenvalue weighted by Crippen LogP contribution is -2.03. The molecule has 2 aromatic rings. The average Bonchev–Trinajstić information content (AvgIpc) is 2.91. The third kappa shape index (κ3) is 1.34. The van der Waals surface area contributed by atoms with Crippen LogP contribution in [0.3, 0.4) is 0 Å². The number of nitrogens with two attached hydrogens (primary N) is 1. The van der Waals surface area contributed by atoms with E-state index in [4.69, 9.17) is 5.73 Å². The summed E-state index contributed by atoms with van der Waals surface area (Å²) >= 11 is 0. The van der Waals surface area contributed by atoms with Gasteiger partial charge in [-0.05, 0) is 19.4 Å². The second-order valence-electron chi connectivity index (χ2n) is 4.21. The lowest BCUT2D eigenvalue weighted by atomic mass is 10.3. The van der Waals surface area contributed by atoms with Crippen molar-refractivity contribution in [3.8, 4) is 0 Å². The zero-order valence-electron chi connectivity index (χ0n) is 8.85. The maximum absolute atomic E-state index is 5.50. The molecule has 0 atom stereocenters. The first kappa shape index (κ1) is 8.91. The monoisotopic (exact) mass is 205 g/mol. The molecule has 5 nitrogen and oxygen atoms in total. The van der Waals surface area contributed by atoms with Gasteiger partial charge in [-0.15, -0.1) is 0 Å². The Bertz CT molecular complexity index is 491. The minimum absolute atomic E-state index is 0.638. The lowest BCUT2D eigenvalue weighted by Gasteiger charge is -1.96. The summed E-state index contributed by atoms with van der Waals surface area (Å²) in [5, 5.41) is 4.55. The van der Waals surface area contributed by atoms with E-state index in [1.807, 2.05) is 17.8 Å². The van der Waals surface area contributed by atoms with Gasteiger partial charge in [-0.1, -0.05) is 0 Å². The number of hydrogen-bond donors (Lipinski definition) is 1. The fourth-order valence-electron chi connectivity index (χ4n) is 1.96. The first-order valence-electron chi connectivity index (χ1n) is 5.40. The Hall–Kier alpha value is -1.36. The quantitative estimate of drug-likeness (QED) is 0.791. The summed E-state index contributed by atoms with van der Waals surface area (Å²) in [7, 11) is 2.04. The van der Waals surface area contributed by atoms with E-state index >= 15 is 0 Å². The lowest BCUT2D eigenvalue weighted by molar-refractivity contribution is 0.794. The van der Waals surface area contributed by atoms with Gasteiger partial charge in [-0.2, -0.15) is 5.10 Å². The molecular formula is C10H15N5. The topological polar surface area (TPSA) is 61.1 Å². The molecule has 1 saturated carbocycles. The number of nitrogens with zero attached hydrogens (tertiary/aromatic N) is 4. The van der Waals surface area contributed by atoms with Crippen molar-refractivity contribution in [2.45, 2.75) is 25.2 Å². The summed E-state index contributed by atoms with van der Waals surface area (Å²) in [5.41, 5.74) is 6.53. The van der Waals surface area contributed by atoms with Crippen molar-refractivity contribution in [1.82, 2.24) is 19.2 Å². The van der Waals surface area contributed by atoms with Crippen LogP contribution in [0.25, 0.3) is 5.78 Å². The molecule has 2 N–H and O–H groups in total. The first-order chi connectivity index (χ1) is 7.29. The number of hydrogen-bond acceptors (Lipinski definition) is 3. The fraction of sp³-hybridized carbons (Fsp3) is 0.600. The smallest absolute Gasteiger partial charge is 0.232 e. The predicted octanol–water partition coefficient (Wildman–Crippen LogP) is 0.446. The van der Waals surface area contributed by atoms with E-state index in [2.05, 4.69) is 14.6 Å². The van der Waals surface area contributed by atoms with E-state index in [-0.39, 0.29) is 0 Å². The summed E-state index contributed by atoms with van der Waals surface area (Å²) in [5.74, 6) is 2.76. The Morgan fingerprint density at radius 1 is 1.53 bits per heavy atom. The Labute approximate surface area is 87.9 Å².